The fourth-order valence-corrected chi connectivity index (χ4v) is 2.24. The Balaban J connectivity index is 2.45. The highest BCUT2D eigenvalue weighted by atomic mass is 35.5. The SMILES string of the molecule is CCC(CC)C(Cl)CNc1cccc(C)n1. The van der Waals surface area contributed by atoms with E-state index in [-0.39, 0.29) is 5.38 Å². The lowest BCUT2D eigenvalue weighted by Crippen LogP contribution is -2.23. The molecule has 16 heavy (non-hydrogen) atoms. The van der Waals surface area contributed by atoms with Gasteiger partial charge in [-0.2, -0.15) is 0 Å². The van der Waals surface area contributed by atoms with Crippen molar-refractivity contribution in [3.05, 3.63) is 23.9 Å². The van der Waals surface area contributed by atoms with E-state index in [2.05, 4.69) is 24.1 Å². The molecule has 1 aromatic rings. The molecular formula is C13H21ClN2. The van der Waals surface area contributed by atoms with E-state index < -0.39 is 0 Å². The Labute approximate surface area is 103 Å². The molecule has 0 fully saturated rings. The molecule has 0 aromatic carbocycles. The van der Waals surface area contributed by atoms with Crippen molar-refractivity contribution in [3.8, 4) is 0 Å². The number of pyridine rings is 1. The molecule has 0 saturated heterocycles. The van der Waals surface area contributed by atoms with Crippen molar-refractivity contribution < 1.29 is 0 Å². The third-order valence-corrected chi connectivity index (χ3v) is 3.44. The first kappa shape index (κ1) is 13.3. The van der Waals surface area contributed by atoms with Crippen molar-refractivity contribution in [2.45, 2.75) is 39.0 Å². The molecule has 0 aliphatic rings. The van der Waals surface area contributed by atoms with Crippen LogP contribution in [-0.2, 0) is 0 Å². The first-order chi connectivity index (χ1) is 7.67. The number of aromatic nitrogens is 1. The Morgan fingerprint density at radius 2 is 2.00 bits per heavy atom. The second kappa shape index (κ2) is 6.74. The molecule has 0 amide bonds. The molecule has 0 saturated carbocycles. The quantitative estimate of drug-likeness (QED) is 0.765. The molecule has 0 radical (unpaired) electrons. The largest absolute Gasteiger partial charge is 0.369 e. The molecule has 3 heteroatoms. The van der Waals surface area contributed by atoms with Gasteiger partial charge in [-0.25, -0.2) is 4.98 Å². The molecule has 2 nitrogen and oxygen atoms in total. The molecule has 1 unspecified atom stereocenters. The molecule has 1 N–H and O–H groups in total. The normalized spacial score (nSPS) is 12.8. The van der Waals surface area contributed by atoms with Gasteiger partial charge >= 0.3 is 0 Å². The van der Waals surface area contributed by atoms with E-state index in [4.69, 9.17) is 11.6 Å². The predicted molar refractivity (Wildman–Crippen MR) is 71.2 cm³/mol. The third-order valence-electron chi connectivity index (χ3n) is 2.93. The fourth-order valence-electron chi connectivity index (χ4n) is 1.81. The lowest BCUT2D eigenvalue weighted by Gasteiger charge is -2.19. The average Bonchev–Trinajstić information content (AvgIpc) is 2.28. The van der Waals surface area contributed by atoms with Gasteiger partial charge in [0.15, 0.2) is 0 Å². The first-order valence-electron chi connectivity index (χ1n) is 5.99. The minimum atomic E-state index is 0.178. The Bertz CT molecular complexity index is 311. The number of hydrogen-bond acceptors (Lipinski definition) is 2. The number of halogens is 1. The van der Waals surface area contributed by atoms with Crippen LogP contribution in [0.15, 0.2) is 18.2 Å². The number of nitrogens with zero attached hydrogens (tertiary/aromatic N) is 1. The Kier molecular flexibility index (Phi) is 5.61. The van der Waals surface area contributed by atoms with Crippen molar-refractivity contribution >= 4 is 17.4 Å². The first-order valence-corrected chi connectivity index (χ1v) is 6.42. The van der Waals surface area contributed by atoms with Gasteiger partial charge in [0.2, 0.25) is 0 Å². The van der Waals surface area contributed by atoms with Gasteiger partial charge in [0, 0.05) is 12.2 Å². The van der Waals surface area contributed by atoms with E-state index in [1.54, 1.807) is 0 Å². The Morgan fingerprint density at radius 3 is 2.56 bits per heavy atom. The van der Waals surface area contributed by atoms with E-state index in [1.165, 1.54) is 0 Å². The van der Waals surface area contributed by atoms with Gasteiger partial charge in [0.05, 0.1) is 5.38 Å². The molecule has 0 bridgehead atoms. The summed E-state index contributed by atoms with van der Waals surface area (Å²) in [6, 6.07) is 5.97. The summed E-state index contributed by atoms with van der Waals surface area (Å²) in [6.07, 6.45) is 2.27. The smallest absolute Gasteiger partial charge is 0.126 e. The lowest BCUT2D eigenvalue weighted by atomic mass is 9.99. The molecular weight excluding hydrogens is 220 g/mol. The Hall–Kier alpha value is -0.760. The van der Waals surface area contributed by atoms with Gasteiger partial charge in [-0.15, -0.1) is 11.6 Å². The van der Waals surface area contributed by atoms with Gasteiger partial charge in [-0.1, -0.05) is 32.8 Å². The Morgan fingerprint density at radius 1 is 1.31 bits per heavy atom. The molecule has 1 rings (SSSR count). The van der Waals surface area contributed by atoms with Crippen molar-refractivity contribution in [2.75, 3.05) is 11.9 Å². The molecule has 1 heterocycles. The van der Waals surface area contributed by atoms with Crippen LogP contribution in [0.4, 0.5) is 5.82 Å². The minimum absolute atomic E-state index is 0.178. The summed E-state index contributed by atoms with van der Waals surface area (Å²) in [6.45, 7) is 7.15. The van der Waals surface area contributed by atoms with Crippen LogP contribution in [0.5, 0.6) is 0 Å². The molecule has 1 atom stereocenters. The van der Waals surface area contributed by atoms with E-state index >= 15 is 0 Å². The van der Waals surface area contributed by atoms with Crippen molar-refractivity contribution in [2.24, 2.45) is 5.92 Å². The zero-order chi connectivity index (χ0) is 12.0. The summed E-state index contributed by atoms with van der Waals surface area (Å²) in [5.74, 6) is 1.50. The summed E-state index contributed by atoms with van der Waals surface area (Å²) in [4.78, 5) is 4.39. The summed E-state index contributed by atoms with van der Waals surface area (Å²) >= 11 is 6.35. The second-order valence-corrected chi connectivity index (χ2v) is 4.70. The molecule has 0 aliphatic heterocycles. The van der Waals surface area contributed by atoms with Gasteiger partial charge < -0.3 is 5.32 Å². The zero-order valence-electron chi connectivity index (χ0n) is 10.3. The number of aryl methyl sites for hydroxylation is 1. The van der Waals surface area contributed by atoms with Gasteiger partial charge in [0.1, 0.15) is 5.82 Å². The zero-order valence-corrected chi connectivity index (χ0v) is 11.1. The summed E-state index contributed by atoms with van der Waals surface area (Å²) in [5, 5.41) is 3.47. The maximum Gasteiger partial charge on any atom is 0.126 e. The highest BCUT2D eigenvalue weighted by molar-refractivity contribution is 6.21. The van der Waals surface area contributed by atoms with Crippen LogP contribution >= 0.6 is 11.6 Å². The van der Waals surface area contributed by atoms with Crippen molar-refractivity contribution in [3.63, 3.8) is 0 Å². The molecule has 90 valence electrons. The predicted octanol–water partition coefficient (Wildman–Crippen LogP) is 3.85. The number of nitrogens with one attached hydrogen (secondary N) is 1. The van der Waals surface area contributed by atoms with Gasteiger partial charge in [0.25, 0.3) is 0 Å². The van der Waals surface area contributed by atoms with Crippen LogP contribution in [0.2, 0.25) is 0 Å². The van der Waals surface area contributed by atoms with E-state index in [0.717, 1.165) is 30.9 Å². The van der Waals surface area contributed by atoms with Gasteiger partial charge in [-0.3, -0.25) is 0 Å². The van der Waals surface area contributed by atoms with Gasteiger partial charge in [-0.05, 0) is 25.0 Å². The summed E-state index contributed by atoms with van der Waals surface area (Å²) < 4.78 is 0. The average molecular weight is 241 g/mol. The summed E-state index contributed by atoms with van der Waals surface area (Å²) in [7, 11) is 0. The summed E-state index contributed by atoms with van der Waals surface area (Å²) in [5.41, 5.74) is 1.03. The maximum atomic E-state index is 6.35. The molecule has 0 aliphatic carbocycles. The molecule has 1 aromatic heterocycles. The van der Waals surface area contributed by atoms with Crippen LogP contribution in [0.25, 0.3) is 0 Å². The third kappa shape index (κ3) is 4.01. The molecule has 0 spiro atoms. The number of rotatable bonds is 6. The highest BCUT2D eigenvalue weighted by Gasteiger charge is 2.15. The van der Waals surface area contributed by atoms with Crippen LogP contribution in [0.3, 0.4) is 0 Å². The fraction of sp³-hybridized carbons (Fsp3) is 0.615. The van der Waals surface area contributed by atoms with Crippen LogP contribution in [-0.4, -0.2) is 16.9 Å². The second-order valence-electron chi connectivity index (χ2n) is 4.14. The van der Waals surface area contributed by atoms with Crippen LogP contribution in [0.1, 0.15) is 32.4 Å². The van der Waals surface area contributed by atoms with Crippen LogP contribution in [0, 0.1) is 12.8 Å². The lowest BCUT2D eigenvalue weighted by molar-refractivity contribution is 0.475. The topological polar surface area (TPSA) is 24.9 Å². The standard InChI is InChI=1S/C13H21ClN2/c1-4-11(5-2)12(14)9-15-13-8-6-7-10(3)16-13/h6-8,11-12H,4-5,9H2,1-3H3,(H,15,16). The number of alkyl halides is 1. The van der Waals surface area contributed by atoms with Crippen molar-refractivity contribution in [1.29, 1.82) is 0 Å². The maximum absolute atomic E-state index is 6.35. The van der Waals surface area contributed by atoms with E-state index in [9.17, 15) is 0 Å². The monoisotopic (exact) mass is 240 g/mol. The number of anilines is 1. The minimum Gasteiger partial charge on any atom is -0.369 e. The highest BCUT2D eigenvalue weighted by Crippen LogP contribution is 2.18. The van der Waals surface area contributed by atoms with E-state index in [1.807, 2.05) is 25.1 Å². The van der Waals surface area contributed by atoms with E-state index in [0.29, 0.717) is 5.92 Å². The number of hydrogen-bond donors (Lipinski definition) is 1. The van der Waals surface area contributed by atoms with Crippen molar-refractivity contribution in [1.82, 2.24) is 4.98 Å². The van der Waals surface area contributed by atoms with Crippen LogP contribution < -0.4 is 5.32 Å².